The lowest BCUT2D eigenvalue weighted by molar-refractivity contribution is -0.119. The Morgan fingerprint density at radius 1 is 1.29 bits per heavy atom. The van der Waals surface area contributed by atoms with E-state index in [0.717, 1.165) is 5.69 Å². The van der Waals surface area contributed by atoms with Crippen LogP contribution in [0.2, 0.25) is 0 Å². The predicted molar refractivity (Wildman–Crippen MR) is 82.7 cm³/mol. The summed E-state index contributed by atoms with van der Waals surface area (Å²) in [6, 6.07) is 8.71. The Hall–Kier alpha value is -2.13. The van der Waals surface area contributed by atoms with Crippen LogP contribution in [-0.4, -0.2) is 27.4 Å². The van der Waals surface area contributed by atoms with Crippen LogP contribution < -0.4 is 16.4 Å². The van der Waals surface area contributed by atoms with Gasteiger partial charge in [-0.2, -0.15) is 0 Å². The van der Waals surface area contributed by atoms with Crippen LogP contribution in [0.4, 0.5) is 15.6 Å². The number of carbonyl (C=O) groups is 2. The molecule has 9 heteroatoms. The fourth-order valence-corrected chi connectivity index (χ4v) is 3.30. The number of hydrogen-bond acceptors (Lipinski definition) is 7. The summed E-state index contributed by atoms with van der Waals surface area (Å²) < 4.78 is 0.626. The van der Waals surface area contributed by atoms with Crippen molar-refractivity contribution in [2.24, 2.45) is 5.73 Å². The van der Waals surface area contributed by atoms with E-state index in [2.05, 4.69) is 15.5 Å². The van der Waals surface area contributed by atoms with Gasteiger partial charge in [-0.15, -0.1) is 10.2 Å². The molecular formula is C12H13N5O2S2. The number of urea groups is 1. The monoisotopic (exact) mass is 323 g/mol. The second kappa shape index (κ2) is 7.04. The Labute approximate surface area is 129 Å². The fourth-order valence-electron chi connectivity index (χ4n) is 1.38. The molecule has 0 saturated heterocycles. The van der Waals surface area contributed by atoms with Gasteiger partial charge in [0.05, 0.1) is 5.25 Å². The lowest BCUT2D eigenvalue weighted by atomic mass is 10.3. The van der Waals surface area contributed by atoms with Crippen molar-refractivity contribution in [2.75, 3.05) is 5.32 Å². The lowest BCUT2D eigenvalue weighted by Gasteiger charge is -2.06. The highest BCUT2D eigenvalue weighted by atomic mass is 32.2. The van der Waals surface area contributed by atoms with Crippen LogP contribution in [0.15, 0.2) is 34.7 Å². The van der Waals surface area contributed by atoms with Crippen molar-refractivity contribution in [1.29, 1.82) is 0 Å². The molecule has 0 fully saturated rings. The molecule has 110 valence electrons. The minimum atomic E-state index is -0.865. The third kappa shape index (κ3) is 4.72. The molecule has 21 heavy (non-hydrogen) atoms. The second-order valence-electron chi connectivity index (χ2n) is 3.98. The zero-order chi connectivity index (χ0) is 15.2. The van der Waals surface area contributed by atoms with E-state index in [0.29, 0.717) is 9.47 Å². The Bertz CT molecular complexity index is 632. The van der Waals surface area contributed by atoms with Crippen molar-refractivity contribution in [3.63, 3.8) is 0 Å². The highest BCUT2D eigenvalue weighted by Gasteiger charge is 2.18. The molecule has 1 heterocycles. The van der Waals surface area contributed by atoms with Gasteiger partial charge in [-0.3, -0.25) is 10.1 Å². The average molecular weight is 323 g/mol. The van der Waals surface area contributed by atoms with Crippen LogP contribution in [0, 0.1) is 0 Å². The van der Waals surface area contributed by atoms with Gasteiger partial charge < -0.3 is 11.1 Å². The van der Waals surface area contributed by atoms with Gasteiger partial charge in [0.15, 0.2) is 4.34 Å². The van der Waals surface area contributed by atoms with Crippen LogP contribution in [-0.2, 0) is 4.79 Å². The molecule has 0 aliphatic carbocycles. The maximum Gasteiger partial charge on any atom is 0.318 e. The third-order valence-electron chi connectivity index (χ3n) is 2.32. The van der Waals surface area contributed by atoms with Crippen LogP contribution in [0.5, 0.6) is 0 Å². The molecule has 2 aromatic rings. The minimum Gasteiger partial charge on any atom is -0.351 e. The van der Waals surface area contributed by atoms with Crippen molar-refractivity contribution < 1.29 is 9.59 Å². The third-order valence-corrected chi connectivity index (χ3v) is 4.35. The number of hydrogen-bond donors (Lipinski definition) is 3. The normalized spacial score (nSPS) is 11.7. The number of benzene rings is 1. The molecule has 0 saturated carbocycles. The maximum atomic E-state index is 11.6. The molecule has 0 radical (unpaired) electrons. The molecule has 1 atom stereocenters. The minimum absolute atomic E-state index is 0.458. The Morgan fingerprint density at radius 3 is 2.67 bits per heavy atom. The molecule has 4 N–H and O–H groups in total. The number of nitrogens with one attached hydrogen (secondary N) is 2. The van der Waals surface area contributed by atoms with E-state index in [4.69, 9.17) is 5.73 Å². The van der Waals surface area contributed by atoms with Crippen molar-refractivity contribution in [1.82, 2.24) is 15.5 Å². The standard InChI is InChI=1S/C12H13N5O2S2/c1-7(9(18)15-10(13)19)20-12-17-16-11(21-12)14-8-5-3-2-4-6-8/h2-7H,1H3,(H,14,16)(H3,13,15,18,19). The van der Waals surface area contributed by atoms with E-state index in [9.17, 15) is 9.59 Å². The van der Waals surface area contributed by atoms with E-state index in [1.54, 1.807) is 6.92 Å². The van der Waals surface area contributed by atoms with Crippen LogP contribution >= 0.6 is 23.1 Å². The van der Waals surface area contributed by atoms with Gasteiger partial charge >= 0.3 is 6.03 Å². The van der Waals surface area contributed by atoms with Gasteiger partial charge in [0.1, 0.15) is 0 Å². The van der Waals surface area contributed by atoms with Crippen molar-refractivity contribution in [3.8, 4) is 0 Å². The quantitative estimate of drug-likeness (QED) is 0.726. The number of nitrogens with two attached hydrogens (primary N) is 1. The number of carbonyl (C=O) groups excluding carboxylic acids is 2. The summed E-state index contributed by atoms with van der Waals surface area (Å²) >= 11 is 2.54. The van der Waals surface area contributed by atoms with Gasteiger partial charge in [0, 0.05) is 5.69 Å². The van der Waals surface area contributed by atoms with Crippen molar-refractivity contribution >= 4 is 45.9 Å². The first-order valence-electron chi connectivity index (χ1n) is 5.97. The second-order valence-corrected chi connectivity index (χ2v) is 6.54. The van der Waals surface area contributed by atoms with Gasteiger partial charge in [0.2, 0.25) is 11.0 Å². The smallest absolute Gasteiger partial charge is 0.318 e. The van der Waals surface area contributed by atoms with E-state index in [1.165, 1.54) is 23.1 Å². The molecule has 0 aliphatic heterocycles. The van der Waals surface area contributed by atoms with E-state index >= 15 is 0 Å². The summed E-state index contributed by atoms with van der Waals surface area (Å²) in [6.07, 6.45) is 0. The lowest BCUT2D eigenvalue weighted by Crippen LogP contribution is -2.39. The van der Waals surface area contributed by atoms with Gasteiger partial charge in [-0.25, -0.2) is 4.79 Å². The number of rotatable bonds is 5. The van der Waals surface area contributed by atoms with Crippen molar-refractivity contribution in [2.45, 2.75) is 16.5 Å². The first-order chi connectivity index (χ1) is 10.0. The Morgan fingerprint density at radius 2 is 2.00 bits per heavy atom. The molecule has 0 aliphatic rings. The van der Waals surface area contributed by atoms with Crippen LogP contribution in [0.25, 0.3) is 0 Å². The SMILES string of the molecule is CC(Sc1nnc(Nc2ccccc2)s1)C(=O)NC(N)=O. The summed E-state index contributed by atoms with van der Waals surface area (Å²) in [5, 5.41) is 13.3. The number of anilines is 2. The van der Waals surface area contributed by atoms with Gasteiger partial charge in [0.25, 0.3) is 0 Å². The first kappa shape index (κ1) is 15.3. The van der Waals surface area contributed by atoms with E-state index in [1.807, 2.05) is 35.6 Å². The number of amides is 3. The molecule has 1 unspecified atom stereocenters. The number of primary amides is 1. The fraction of sp³-hybridized carbons (Fsp3) is 0.167. The zero-order valence-electron chi connectivity index (χ0n) is 11.1. The van der Waals surface area contributed by atoms with Gasteiger partial charge in [-0.05, 0) is 19.1 Å². The number of para-hydroxylation sites is 1. The zero-order valence-corrected chi connectivity index (χ0v) is 12.7. The van der Waals surface area contributed by atoms with Crippen LogP contribution in [0.1, 0.15) is 6.92 Å². The summed E-state index contributed by atoms with van der Waals surface area (Å²) in [7, 11) is 0. The molecule has 0 bridgehead atoms. The maximum absolute atomic E-state index is 11.6. The average Bonchev–Trinajstić information content (AvgIpc) is 2.86. The summed E-state index contributed by atoms with van der Waals surface area (Å²) in [4.78, 5) is 22.2. The molecule has 1 aromatic heterocycles. The number of nitrogens with zero attached hydrogens (tertiary/aromatic N) is 2. The summed E-state index contributed by atoms with van der Waals surface area (Å²) in [6.45, 7) is 1.66. The molecule has 0 spiro atoms. The molecule has 7 nitrogen and oxygen atoms in total. The largest absolute Gasteiger partial charge is 0.351 e. The Kier molecular flexibility index (Phi) is 5.12. The van der Waals surface area contributed by atoms with E-state index in [-0.39, 0.29) is 0 Å². The predicted octanol–water partition coefficient (Wildman–Crippen LogP) is 1.96. The van der Waals surface area contributed by atoms with Gasteiger partial charge in [-0.1, -0.05) is 41.3 Å². The van der Waals surface area contributed by atoms with Crippen LogP contribution in [0.3, 0.4) is 0 Å². The van der Waals surface area contributed by atoms with E-state index < -0.39 is 17.2 Å². The highest BCUT2D eigenvalue weighted by Crippen LogP contribution is 2.30. The highest BCUT2D eigenvalue weighted by molar-refractivity contribution is 8.02. The topological polar surface area (TPSA) is 110 Å². The number of aromatic nitrogens is 2. The summed E-state index contributed by atoms with van der Waals surface area (Å²) in [5.41, 5.74) is 5.81. The molecule has 1 aromatic carbocycles. The molecular weight excluding hydrogens is 310 g/mol. The number of imide groups is 1. The molecule has 2 rings (SSSR count). The van der Waals surface area contributed by atoms with Crippen molar-refractivity contribution in [3.05, 3.63) is 30.3 Å². The molecule has 3 amide bonds. The summed E-state index contributed by atoms with van der Waals surface area (Å²) in [5.74, 6) is -0.458. The Balaban J connectivity index is 1.94. The number of thioether (sulfide) groups is 1. The first-order valence-corrected chi connectivity index (χ1v) is 7.67.